The first-order valence-corrected chi connectivity index (χ1v) is 8.93. The number of anilines is 2. The van der Waals surface area contributed by atoms with E-state index >= 15 is 0 Å². The monoisotopic (exact) mass is 346 g/mol. The van der Waals surface area contributed by atoms with Crippen LogP contribution >= 0.6 is 0 Å². The third-order valence-corrected chi connectivity index (χ3v) is 5.13. The first-order chi connectivity index (χ1) is 11.4. The Labute approximate surface area is 140 Å². The molecule has 1 amide bonds. The van der Waals surface area contributed by atoms with E-state index in [4.69, 9.17) is 0 Å². The molecule has 3 rings (SSSR count). The Morgan fingerprint density at radius 2 is 2.04 bits per heavy atom. The summed E-state index contributed by atoms with van der Waals surface area (Å²) in [7, 11) is -0.261. The lowest BCUT2D eigenvalue weighted by atomic mass is 10.0. The molecule has 1 aromatic heterocycles. The molecule has 0 radical (unpaired) electrons. The smallest absolute Gasteiger partial charge is 0.262 e. The van der Waals surface area contributed by atoms with Crippen molar-refractivity contribution in [1.82, 2.24) is 10.3 Å². The molecule has 8 heteroatoms. The van der Waals surface area contributed by atoms with Gasteiger partial charge < -0.3 is 10.2 Å². The molecule has 0 unspecified atom stereocenters. The summed E-state index contributed by atoms with van der Waals surface area (Å²) in [5.41, 5.74) is 1.64. The number of carbonyl (C=O) groups is 1. The van der Waals surface area contributed by atoms with Gasteiger partial charge in [0, 0.05) is 32.4 Å². The van der Waals surface area contributed by atoms with Gasteiger partial charge in [0.15, 0.2) is 5.82 Å². The number of nitrogens with one attached hydrogen (secondary N) is 2. The van der Waals surface area contributed by atoms with Crippen LogP contribution in [-0.4, -0.2) is 39.9 Å². The Morgan fingerprint density at radius 3 is 2.79 bits per heavy atom. The maximum atomic E-state index is 12.7. The summed E-state index contributed by atoms with van der Waals surface area (Å²) in [4.78, 5) is 17.9. The number of benzene rings is 1. The van der Waals surface area contributed by atoms with Crippen molar-refractivity contribution in [2.75, 3.05) is 30.3 Å². The zero-order valence-electron chi connectivity index (χ0n) is 13.4. The van der Waals surface area contributed by atoms with Crippen molar-refractivity contribution in [3.8, 4) is 0 Å². The van der Waals surface area contributed by atoms with Crippen LogP contribution in [0.2, 0.25) is 0 Å². The molecule has 1 aliphatic rings. The van der Waals surface area contributed by atoms with Gasteiger partial charge in [0.1, 0.15) is 0 Å². The molecule has 2 heterocycles. The van der Waals surface area contributed by atoms with Crippen LogP contribution in [0, 0.1) is 0 Å². The number of rotatable bonds is 4. The highest BCUT2D eigenvalue weighted by molar-refractivity contribution is 7.92. The van der Waals surface area contributed by atoms with Gasteiger partial charge in [-0.3, -0.25) is 9.52 Å². The maximum Gasteiger partial charge on any atom is 0.262 e. The fourth-order valence-corrected chi connectivity index (χ4v) is 3.68. The number of nitrogens with zero attached hydrogens (tertiary/aromatic N) is 2. The Hall–Kier alpha value is -2.61. The van der Waals surface area contributed by atoms with Crippen LogP contribution in [0.5, 0.6) is 0 Å². The largest absolute Gasteiger partial charge is 0.361 e. The van der Waals surface area contributed by atoms with Crippen LogP contribution < -0.4 is 14.9 Å². The highest BCUT2D eigenvalue weighted by atomic mass is 32.2. The summed E-state index contributed by atoms with van der Waals surface area (Å²) in [6.07, 6.45) is 2.29. The minimum absolute atomic E-state index is 0.0480. The average Bonchev–Trinajstić information content (AvgIpc) is 2.55. The van der Waals surface area contributed by atoms with Crippen LogP contribution in [0.1, 0.15) is 15.9 Å². The summed E-state index contributed by atoms with van der Waals surface area (Å²) in [6, 6.07) is 7.93. The second kappa shape index (κ2) is 6.12. The van der Waals surface area contributed by atoms with Gasteiger partial charge in [-0.15, -0.1) is 0 Å². The van der Waals surface area contributed by atoms with Crippen molar-refractivity contribution in [2.24, 2.45) is 0 Å². The van der Waals surface area contributed by atoms with Crippen molar-refractivity contribution in [2.45, 2.75) is 11.3 Å². The van der Waals surface area contributed by atoms with Gasteiger partial charge >= 0.3 is 0 Å². The van der Waals surface area contributed by atoms with Gasteiger partial charge in [-0.2, -0.15) is 0 Å². The molecule has 0 spiro atoms. The zero-order chi connectivity index (χ0) is 17.3. The molecule has 0 atom stereocenters. The SMILES string of the molecule is CN(C)c1ncccc1NS(=O)(=O)c1ccc2c(c1)C(=O)NCC2. The van der Waals surface area contributed by atoms with Crippen LogP contribution in [0.25, 0.3) is 0 Å². The molecule has 0 saturated heterocycles. The molecule has 2 aromatic rings. The molecule has 0 fully saturated rings. The third kappa shape index (κ3) is 3.05. The number of amides is 1. The van der Waals surface area contributed by atoms with E-state index in [0.717, 1.165) is 5.56 Å². The topological polar surface area (TPSA) is 91.4 Å². The first kappa shape index (κ1) is 16.3. The van der Waals surface area contributed by atoms with Crippen LogP contribution in [-0.2, 0) is 16.4 Å². The molecule has 0 bridgehead atoms. The third-order valence-electron chi connectivity index (χ3n) is 3.77. The Balaban J connectivity index is 1.98. The predicted octanol–water partition coefficient (Wildman–Crippen LogP) is 1.23. The Bertz CT molecular complexity index is 894. The van der Waals surface area contributed by atoms with Crippen molar-refractivity contribution in [3.63, 3.8) is 0 Å². The molecule has 24 heavy (non-hydrogen) atoms. The lowest BCUT2D eigenvalue weighted by Gasteiger charge is -2.19. The Kier molecular flexibility index (Phi) is 4.15. The molecule has 1 aromatic carbocycles. The van der Waals surface area contributed by atoms with E-state index in [0.29, 0.717) is 30.0 Å². The number of carbonyl (C=O) groups excluding carboxylic acids is 1. The number of pyridine rings is 1. The van der Waals surface area contributed by atoms with Crippen molar-refractivity contribution in [1.29, 1.82) is 0 Å². The van der Waals surface area contributed by atoms with Crippen molar-refractivity contribution in [3.05, 3.63) is 47.7 Å². The van der Waals surface area contributed by atoms with Gasteiger partial charge in [-0.05, 0) is 36.2 Å². The quantitative estimate of drug-likeness (QED) is 0.869. The molecular weight excluding hydrogens is 328 g/mol. The molecule has 7 nitrogen and oxygen atoms in total. The van der Waals surface area contributed by atoms with Crippen molar-refractivity contribution >= 4 is 27.4 Å². The predicted molar refractivity (Wildman–Crippen MR) is 91.9 cm³/mol. The van der Waals surface area contributed by atoms with Crippen molar-refractivity contribution < 1.29 is 13.2 Å². The van der Waals surface area contributed by atoms with Crippen LogP contribution in [0.15, 0.2) is 41.4 Å². The summed E-state index contributed by atoms with van der Waals surface area (Å²) in [6.45, 7) is 0.568. The first-order valence-electron chi connectivity index (χ1n) is 7.45. The van der Waals surface area contributed by atoms with E-state index in [1.165, 1.54) is 12.1 Å². The molecular formula is C16H18N4O3S. The highest BCUT2D eigenvalue weighted by Crippen LogP contribution is 2.25. The van der Waals surface area contributed by atoms with E-state index in [1.54, 1.807) is 43.4 Å². The number of hydrogen-bond acceptors (Lipinski definition) is 5. The van der Waals surface area contributed by atoms with Gasteiger partial charge in [0.2, 0.25) is 0 Å². The average molecular weight is 346 g/mol. The van der Waals surface area contributed by atoms with Crippen LogP contribution in [0.3, 0.4) is 0 Å². The number of sulfonamides is 1. The van der Waals surface area contributed by atoms with E-state index in [-0.39, 0.29) is 10.8 Å². The van der Waals surface area contributed by atoms with E-state index in [2.05, 4.69) is 15.0 Å². The second-order valence-corrected chi connectivity index (χ2v) is 7.38. The summed E-state index contributed by atoms with van der Waals surface area (Å²) in [5.74, 6) is 0.264. The van der Waals surface area contributed by atoms with Gasteiger partial charge in [0.25, 0.3) is 15.9 Å². The molecule has 0 saturated carbocycles. The fraction of sp³-hybridized carbons (Fsp3) is 0.250. The zero-order valence-corrected chi connectivity index (χ0v) is 14.2. The summed E-state index contributed by atoms with van der Waals surface area (Å²) in [5, 5.41) is 2.72. The molecule has 2 N–H and O–H groups in total. The lowest BCUT2D eigenvalue weighted by molar-refractivity contribution is 0.0945. The van der Waals surface area contributed by atoms with Gasteiger partial charge in [-0.1, -0.05) is 6.07 Å². The number of hydrogen-bond donors (Lipinski definition) is 2. The van der Waals surface area contributed by atoms with E-state index in [9.17, 15) is 13.2 Å². The molecule has 0 aliphatic carbocycles. The minimum atomic E-state index is -3.82. The number of fused-ring (bicyclic) bond motifs is 1. The second-order valence-electron chi connectivity index (χ2n) is 5.70. The minimum Gasteiger partial charge on any atom is -0.361 e. The standard InChI is InChI=1S/C16H18N4O3S/c1-20(2)15-14(4-3-8-17-15)19-24(22,23)12-6-5-11-7-9-18-16(21)13(11)10-12/h3-6,8,10,19H,7,9H2,1-2H3,(H,18,21). The lowest BCUT2D eigenvalue weighted by Crippen LogP contribution is -2.32. The maximum absolute atomic E-state index is 12.7. The molecule has 1 aliphatic heterocycles. The van der Waals surface area contributed by atoms with E-state index in [1.807, 2.05) is 0 Å². The highest BCUT2D eigenvalue weighted by Gasteiger charge is 2.22. The van der Waals surface area contributed by atoms with Gasteiger partial charge in [0.05, 0.1) is 10.6 Å². The van der Waals surface area contributed by atoms with E-state index < -0.39 is 10.0 Å². The van der Waals surface area contributed by atoms with Gasteiger partial charge in [-0.25, -0.2) is 13.4 Å². The summed E-state index contributed by atoms with van der Waals surface area (Å²) < 4.78 is 27.9. The molecule has 126 valence electrons. The number of aromatic nitrogens is 1. The summed E-state index contributed by atoms with van der Waals surface area (Å²) >= 11 is 0. The van der Waals surface area contributed by atoms with Crippen LogP contribution in [0.4, 0.5) is 11.5 Å². The Morgan fingerprint density at radius 1 is 1.25 bits per heavy atom. The fourth-order valence-electron chi connectivity index (χ4n) is 2.59. The normalized spacial score (nSPS) is 13.8.